The van der Waals surface area contributed by atoms with Gasteiger partial charge >= 0.3 is 39.5 Å². The van der Waals surface area contributed by atoms with Crippen LogP contribution in [0.15, 0.2) is 207 Å². The van der Waals surface area contributed by atoms with E-state index >= 15 is 0 Å². The molecule has 5 unspecified atom stereocenters. The van der Waals surface area contributed by atoms with Crippen molar-refractivity contribution in [2.24, 2.45) is 0 Å². The summed E-state index contributed by atoms with van der Waals surface area (Å²) in [6.07, 6.45) is 95.5. The molecule has 106 heavy (non-hydrogen) atoms. The van der Waals surface area contributed by atoms with Crippen LogP contribution in [0.5, 0.6) is 0 Å². The van der Waals surface area contributed by atoms with Crippen LogP contribution in [0.1, 0.15) is 259 Å². The van der Waals surface area contributed by atoms with Gasteiger partial charge in [0.1, 0.15) is 19.3 Å². The van der Waals surface area contributed by atoms with Crippen molar-refractivity contribution in [2.45, 2.75) is 277 Å². The summed E-state index contributed by atoms with van der Waals surface area (Å²) >= 11 is 0. The second-order valence-corrected chi connectivity index (χ2v) is 28.0. The van der Waals surface area contributed by atoms with Crippen molar-refractivity contribution in [2.75, 3.05) is 39.6 Å². The molecule has 0 radical (unpaired) electrons. The number of hydrogen-bond acceptors (Lipinski definition) is 15. The van der Waals surface area contributed by atoms with Gasteiger partial charge in [-0.15, -0.1) is 0 Å². The molecule has 0 aliphatic carbocycles. The zero-order valence-corrected chi connectivity index (χ0v) is 66.8. The molecule has 0 heterocycles. The van der Waals surface area contributed by atoms with Gasteiger partial charge < -0.3 is 33.8 Å². The van der Waals surface area contributed by atoms with E-state index in [1.807, 2.05) is 24.3 Å². The third-order valence-electron chi connectivity index (χ3n) is 15.2. The van der Waals surface area contributed by atoms with E-state index in [9.17, 15) is 43.2 Å². The van der Waals surface area contributed by atoms with Crippen molar-refractivity contribution >= 4 is 39.5 Å². The number of aliphatic hydroxyl groups is 1. The van der Waals surface area contributed by atoms with E-state index in [1.165, 1.54) is 0 Å². The van der Waals surface area contributed by atoms with Crippen molar-refractivity contribution in [3.8, 4) is 0 Å². The molecule has 0 aromatic heterocycles. The van der Waals surface area contributed by atoms with Gasteiger partial charge in [0.25, 0.3) is 0 Å². The maximum Gasteiger partial charge on any atom is 0.472 e. The number of hydrogen-bond donors (Lipinski definition) is 3. The summed E-state index contributed by atoms with van der Waals surface area (Å²) in [5.74, 6) is -2.41. The molecule has 0 spiro atoms. The van der Waals surface area contributed by atoms with Crippen molar-refractivity contribution < 1.29 is 80.2 Å². The van der Waals surface area contributed by atoms with E-state index in [0.717, 1.165) is 167 Å². The van der Waals surface area contributed by atoms with Crippen LogP contribution in [0, 0.1) is 0 Å². The molecule has 0 bridgehead atoms. The summed E-state index contributed by atoms with van der Waals surface area (Å²) in [4.78, 5) is 73.0. The highest BCUT2D eigenvalue weighted by Crippen LogP contribution is 2.45. The Morgan fingerprint density at radius 3 is 0.783 bits per heavy atom. The van der Waals surface area contributed by atoms with Crippen molar-refractivity contribution in [3.63, 3.8) is 0 Å². The Hall–Kier alpha value is -6.36. The number of rotatable bonds is 71. The van der Waals surface area contributed by atoms with Gasteiger partial charge in [-0.3, -0.25) is 37.3 Å². The number of carbonyl (C=O) groups excluding carboxylic acids is 4. The number of phosphoric ester groups is 2. The molecule has 0 aromatic rings. The van der Waals surface area contributed by atoms with Crippen LogP contribution in [0.4, 0.5) is 0 Å². The van der Waals surface area contributed by atoms with E-state index in [-0.39, 0.29) is 25.7 Å². The van der Waals surface area contributed by atoms with E-state index in [0.29, 0.717) is 38.5 Å². The van der Waals surface area contributed by atoms with Gasteiger partial charge in [-0.1, -0.05) is 266 Å². The quantitative estimate of drug-likeness (QED) is 0.0169. The average molecular weight is 1520 g/mol. The second kappa shape index (κ2) is 76.8. The Labute approximate surface area is 639 Å². The van der Waals surface area contributed by atoms with Gasteiger partial charge in [0.05, 0.1) is 26.4 Å². The molecule has 5 atom stereocenters. The summed E-state index contributed by atoms with van der Waals surface area (Å²) in [7, 11) is -10.0. The second-order valence-electron chi connectivity index (χ2n) is 25.1. The van der Waals surface area contributed by atoms with Gasteiger partial charge in [0.15, 0.2) is 12.2 Å². The molecule has 0 aliphatic heterocycles. The topological polar surface area (TPSA) is 237 Å². The number of ether oxygens (including phenoxy) is 4. The maximum atomic E-state index is 13.1. The lowest BCUT2D eigenvalue weighted by atomic mass is 10.1. The third-order valence-corrected chi connectivity index (χ3v) is 17.1. The first kappa shape index (κ1) is 99.6. The number of unbranched alkanes of at least 4 members (excludes halogenated alkanes) is 11. The van der Waals surface area contributed by atoms with E-state index in [1.54, 1.807) is 0 Å². The molecule has 596 valence electrons. The minimum atomic E-state index is -5.02. The minimum absolute atomic E-state index is 0.0231. The van der Waals surface area contributed by atoms with Crippen LogP contribution < -0.4 is 0 Å². The van der Waals surface area contributed by atoms with Crippen LogP contribution in [-0.4, -0.2) is 96.7 Å². The van der Waals surface area contributed by atoms with Crippen molar-refractivity contribution in [3.05, 3.63) is 207 Å². The van der Waals surface area contributed by atoms with Gasteiger partial charge in [-0.05, 0) is 173 Å². The molecular formula is C87H136O17P2. The summed E-state index contributed by atoms with van der Waals surface area (Å²) in [6.45, 7) is 4.19. The number of phosphoric acid groups is 2. The first-order chi connectivity index (χ1) is 51.7. The Balaban J connectivity index is 5.54. The highest BCUT2D eigenvalue weighted by Gasteiger charge is 2.30. The molecule has 3 N–H and O–H groups in total. The predicted molar refractivity (Wildman–Crippen MR) is 435 cm³/mol. The largest absolute Gasteiger partial charge is 0.472 e. The van der Waals surface area contributed by atoms with E-state index in [2.05, 4.69) is 210 Å². The van der Waals surface area contributed by atoms with Gasteiger partial charge in [-0.25, -0.2) is 9.13 Å². The predicted octanol–water partition coefficient (Wildman–Crippen LogP) is 23.1. The summed E-state index contributed by atoms with van der Waals surface area (Å²) in [5.41, 5.74) is 0. The van der Waals surface area contributed by atoms with Crippen molar-refractivity contribution in [1.29, 1.82) is 0 Å². The lowest BCUT2D eigenvalue weighted by Crippen LogP contribution is -2.30. The lowest BCUT2D eigenvalue weighted by molar-refractivity contribution is -0.161. The van der Waals surface area contributed by atoms with Crippen LogP contribution in [0.2, 0.25) is 0 Å². The number of allylic oxidation sites excluding steroid dienone is 34. The van der Waals surface area contributed by atoms with Crippen LogP contribution in [0.25, 0.3) is 0 Å². The normalized spacial score (nSPS) is 15.0. The molecule has 0 aliphatic rings. The fourth-order valence-corrected chi connectivity index (χ4v) is 11.0. The standard InChI is InChI=1S/C87H136O17P2/c1-5-9-13-17-21-25-29-33-37-39-40-42-45-48-52-56-60-64-68-72-85(90)98-78-83(104-87(92)74-70-66-62-58-54-50-46-41-38-34-30-26-22-18-14-10-6-2)80-102-106(95,96)100-76-81(88)75-99-105(93,94)101-79-82(103-86(91)73-69-65-61-57-53-49-44-36-32-28-24-20-16-12-8-4)77-97-84(89)71-67-63-59-55-51-47-43-35-31-27-23-19-15-11-7-3/h9-16,21-28,33-38,40,42-44,48,51-53,55,57,60,64,81-83,88H,5-8,17-20,29-32,39,41,45-47,49-50,54,56,58-59,61-63,65-80H2,1-4H3,(H,93,94)(H,95,96)/b13-9-,14-10-,15-11-,16-12-,25-21-,26-22-,27-23-,28-24-,37-33-,38-34-,42-40-,43-35-,44-36-,52-48-,55-51-,57-53-,64-60-. The van der Waals surface area contributed by atoms with E-state index < -0.39 is 97.5 Å². The fraction of sp³-hybridized carbons (Fsp3) is 0.563. The number of esters is 4. The molecule has 0 fully saturated rings. The molecule has 0 saturated heterocycles. The monoisotopic (exact) mass is 1510 g/mol. The highest BCUT2D eigenvalue weighted by molar-refractivity contribution is 7.47. The molecule has 17 nitrogen and oxygen atoms in total. The number of carbonyl (C=O) groups is 4. The Morgan fingerprint density at radius 2 is 0.481 bits per heavy atom. The SMILES string of the molecule is CC/C=C\C/C=C\C/C=C\C/C=C\C/C=C\C/C=C\CCC(=O)OCC(COP(=O)(O)OCC(O)COP(=O)(O)OCC(COC(=O)CCCC/C=C\C/C=C\C/C=C\C/C=C\CC)OC(=O)CCCC/C=C\C/C=C\C/C=C\C/C=C\CC)OC(=O)CCCCCCCCC/C=C\C/C=C\C/C=C\CC. The summed E-state index contributed by atoms with van der Waals surface area (Å²) in [6, 6.07) is 0. The average Bonchev–Trinajstić information content (AvgIpc) is 0.902. The van der Waals surface area contributed by atoms with Gasteiger partial charge in [-0.2, -0.15) is 0 Å². The zero-order chi connectivity index (χ0) is 77.4. The zero-order valence-electron chi connectivity index (χ0n) is 65.0. The summed E-state index contributed by atoms with van der Waals surface area (Å²) < 4.78 is 68.4. The van der Waals surface area contributed by atoms with Crippen molar-refractivity contribution in [1.82, 2.24) is 0 Å². The number of aliphatic hydroxyl groups excluding tert-OH is 1. The molecule has 0 aromatic carbocycles. The smallest absolute Gasteiger partial charge is 0.462 e. The van der Waals surface area contributed by atoms with Crippen LogP contribution >= 0.6 is 15.6 Å². The minimum Gasteiger partial charge on any atom is -0.462 e. The first-order valence-corrected chi connectivity index (χ1v) is 42.3. The summed E-state index contributed by atoms with van der Waals surface area (Å²) in [5, 5.41) is 10.6. The molecular weight excluding hydrogens is 1380 g/mol. The van der Waals surface area contributed by atoms with E-state index in [4.69, 9.17) is 37.0 Å². The van der Waals surface area contributed by atoms with Gasteiger partial charge in [0, 0.05) is 25.7 Å². The highest BCUT2D eigenvalue weighted by atomic mass is 31.2. The molecule has 19 heteroatoms. The van der Waals surface area contributed by atoms with Crippen LogP contribution in [-0.2, 0) is 65.4 Å². The van der Waals surface area contributed by atoms with Crippen LogP contribution in [0.3, 0.4) is 0 Å². The molecule has 0 amide bonds. The third kappa shape index (κ3) is 75.9. The lowest BCUT2D eigenvalue weighted by Gasteiger charge is -2.21. The fourth-order valence-electron chi connectivity index (χ4n) is 9.42. The Morgan fingerprint density at radius 1 is 0.264 bits per heavy atom. The maximum absolute atomic E-state index is 13.1. The Bertz CT molecular complexity index is 2830. The Kier molecular flexibility index (Phi) is 72.2. The molecule has 0 saturated carbocycles. The first-order valence-electron chi connectivity index (χ1n) is 39.3. The van der Waals surface area contributed by atoms with Gasteiger partial charge in [0.2, 0.25) is 0 Å². The molecule has 0 rings (SSSR count).